The molecule has 1 fully saturated rings. The summed E-state index contributed by atoms with van der Waals surface area (Å²) < 4.78 is 0. The molecule has 0 aliphatic heterocycles. The van der Waals surface area contributed by atoms with Gasteiger partial charge in [-0.05, 0) is 86.0 Å². The molecule has 1 amide bonds. The number of aliphatic hydroxyl groups is 1. The van der Waals surface area contributed by atoms with Crippen LogP contribution in [0.25, 0.3) is 0 Å². The first-order valence-corrected chi connectivity index (χ1v) is 15.8. The maximum atomic E-state index is 12.2. The summed E-state index contributed by atoms with van der Waals surface area (Å²) in [4.78, 5) is 14.1. The molecule has 1 aromatic carbocycles. The van der Waals surface area contributed by atoms with Gasteiger partial charge in [-0.25, -0.2) is 0 Å². The van der Waals surface area contributed by atoms with Crippen LogP contribution in [-0.4, -0.2) is 40.7 Å². The summed E-state index contributed by atoms with van der Waals surface area (Å²) in [7, 11) is 1.94. The number of unbranched alkanes of at least 4 members (excludes halogenated alkanes) is 8. The molecule has 5 atom stereocenters. The van der Waals surface area contributed by atoms with Crippen molar-refractivity contribution < 1.29 is 15.0 Å². The Labute approximate surface area is 231 Å². The van der Waals surface area contributed by atoms with Crippen molar-refractivity contribution in [2.75, 3.05) is 13.6 Å². The zero-order chi connectivity index (χ0) is 27.1. The minimum Gasteiger partial charge on any atom is -0.508 e. The zero-order valence-corrected chi connectivity index (χ0v) is 24.4. The summed E-state index contributed by atoms with van der Waals surface area (Å²) in [6.45, 7) is 5.36. The third-order valence-corrected chi connectivity index (χ3v) is 10.2. The van der Waals surface area contributed by atoms with Crippen molar-refractivity contribution in [2.24, 2.45) is 17.3 Å². The molecule has 4 heteroatoms. The lowest BCUT2D eigenvalue weighted by Crippen LogP contribution is -2.43. The van der Waals surface area contributed by atoms with E-state index in [1.165, 1.54) is 62.5 Å². The molecule has 0 unspecified atom stereocenters. The molecule has 0 aromatic heterocycles. The van der Waals surface area contributed by atoms with Gasteiger partial charge in [0.25, 0.3) is 0 Å². The number of phenols is 1. The molecule has 1 saturated carbocycles. The SMILES string of the molecule is CCCCN(C)C(=O)CCCCCCCCCC[C@@H]1Cc2cc(O)ccc2[C@H]2CC[C@@]3(C)C(=CC[C@@H]3O)[C@H]12. The van der Waals surface area contributed by atoms with Gasteiger partial charge in [-0.2, -0.15) is 0 Å². The summed E-state index contributed by atoms with van der Waals surface area (Å²) in [5, 5.41) is 21.0. The van der Waals surface area contributed by atoms with Crippen LogP contribution < -0.4 is 0 Å². The molecule has 0 bridgehead atoms. The largest absolute Gasteiger partial charge is 0.508 e. The minimum atomic E-state index is -0.222. The number of hydrogen-bond acceptors (Lipinski definition) is 3. The number of amides is 1. The smallest absolute Gasteiger partial charge is 0.222 e. The van der Waals surface area contributed by atoms with Crippen molar-refractivity contribution in [3.8, 4) is 5.75 Å². The highest BCUT2D eigenvalue weighted by Crippen LogP contribution is 2.60. The van der Waals surface area contributed by atoms with E-state index in [4.69, 9.17) is 0 Å². The predicted octanol–water partition coefficient (Wildman–Crippen LogP) is 7.91. The van der Waals surface area contributed by atoms with Crippen LogP contribution in [0.15, 0.2) is 29.8 Å². The van der Waals surface area contributed by atoms with Crippen molar-refractivity contribution in [3.05, 3.63) is 41.0 Å². The number of aliphatic hydroxyl groups excluding tert-OH is 1. The van der Waals surface area contributed by atoms with Crippen molar-refractivity contribution >= 4 is 5.91 Å². The van der Waals surface area contributed by atoms with Gasteiger partial charge < -0.3 is 15.1 Å². The Balaban J connectivity index is 1.19. The van der Waals surface area contributed by atoms with Crippen LogP contribution >= 0.6 is 0 Å². The summed E-state index contributed by atoms with van der Waals surface area (Å²) in [5.41, 5.74) is 4.31. The fraction of sp³-hybridized carbons (Fsp3) is 0.735. The van der Waals surface area contributed by atoms with E-state index in [9.17, 15) is 15.0 Å². The number of carbonyl (C=O) groups excluding carboxylic acids is 1. The van der Waals surface area contributed by atoms with Gasteiger partial charge in [0.2, 0.25) is 5.91 Å². The van der Waals surface area contributed by atoms with Crippen molar-refractivity contribution in [1.29, 1.82) is 0 Å². The van der Waals surface area contributed by atoms with Crippen LogP contribution in [0.3, 0.4) is 0 Å². The average molecular weight is 524 g/mol. The number of rotatable bonds is 14. The predicted molar refractivity (Wildman–Crippen MR) is 156 cm³/mol. The summed E-state index contributed by atoms with van der Waals surface area (Å²) in [6.07, 6.45) is 20.3. The Bertz CT molecular complexity index is 955. The van der Waals surface area contributed by atoms with Crippen molar-refractivity contribution in [1.82, 2.24) is 4.90 Å². The van der Waals surface area contributed by atoms with E-state index in [-0.39, 0.29) is 11.5 Å². The zero-order valence-electron chi connectivity index (χ0n) is 24.4. The van der Waals surface area contributed by atoms with E-state index in [0.29, 0.717) is 35.8 Å². The Kier molecular flexibility index (Phi) is 10.4. The normalized spacial score (nSPS) is 27.8. The molecule has 4 nitrogen and oxygen atoms in total. The lowest BCUT2D eigenvalue weighted by Gasteiger charge is -2.50. The van der Waals surface area contributed by atoms with Gasteiger partial charge in [-0.1, -0.05) is 82.9 Å². The van der Waals surface area contributed by atoms with E-state index >= 15 is 0 Å². The van der Waals surface area contributed by atoms with E-state index < -0.39 is 0 Å². The molecule has 0 saturated heterocycles. The second-order valence-corrected chi connectivity index (χ2v) is 12.9. The number of hydrogen-bond donors (Lipinski definition) is 2. The quantitative estimate of drug-likeness (QED) is 0.192. The molecule has 4 rings (SSSR count). The first-order valence-electron chi connectivity index (χ1n) is 15.8. The minimum absolute atomic E-state index is 0.0383. The number of phenolic OH excluding ortho intramolecular Hbond substituents is 1. The van der Waals surface area contributed by atoms with Crippen LogP contribution in [0.5, 0.6) is 5.75 Å². The molecular weight excluding hydrogens is 470 g/mol. The van der Waals surface area contributed by atoms with Crippen molar-refractivity contribution in [2.45, 2.75) is 129 Å². The maximum Gasteiger partial charge on any atom is 0.222 e. The molecular formula is C34H53NO3. The van der Waals surface area contributed by atoms with Crippen LogP contribution in [0.1, 0.15) is 127 Å². The lowest BCUT2D eigenvalue weighted by molar-refractivity contribution is -0.130. The fourth-order valence-electron chi connectivity index (χ4n) is 7.81. The number of benzene rings is 1. The molecule has 0 heterocycles. The van der Waals surface area contributed by atoms with Gasteiger partial charge in [0.1, 0.15) is 5.75 Å². The first-order chi connectivity index (χ1) is 18.3. The first kappa shape index (κ1) is 29.2. The van der Waals surface area contributed by atoms with E-state index in [1.807, 2.05) is 24.1 Å². The summed E-state index contributed by atoms with van der Waals surface area (Å²) in [5.74, 6) is 2.39. The second kappa shape index (κ2) is 13.5. The molecule has 2 N–H and O–H groups in total. The van der Waals surface area contributed by atoms with E-state index in [1.54, 1.807) is 5.57 Å². The van der Waals surface area contributed by atoms with Crippen LogP contribution in [0, 0.1) is 17.3 Å². The topological polar surface area (TPSA) is 60.8 Å². The van der Waals surface area contributed by atoms with E-state index in [2.05, 4.69) is 26.0 Å². The van der Waals surface area contributed by atoms with Crippen molar-refractivity contribution in [3.63, 3.8) is 0 Å². The lowest BCUT2D eigenvalue weighted by atomic mass is 9.54. The standard InChI is InChI=1S/C34H53NO3/c1-4-5-22-35(3)32(38)15-13-11-9-7-6-8-10-12-14-25-23-26-24-27(36)16-17-28(26)29-20-21-34(2)30(33(25)29)18-19-31(34)37/h16-18,24-25,29,31,33,36-37H,4-15,19-23H2,1-3H3/t25-,29-,31+,33-,34+/m1/s1. The molecule has 0 radical (unpaired) electrons. The number of aromatic hydroxyl groups is 1. The molecule has 1 aromatic rings. The molecule has 3 aliphatic rings. The van der Waals surface area contributed by atoms with Crippen LogP contribution in [-0.2, 0) is 11.2 Å². The van der Waals surface area contributed by atoms with Gasteiger partial charge >= 0.3 is 0 Å². The molecule has 212 valence electrons. The molecule has 3 aliphatic carbocycles. The van der Waals surface area contributed by atoms with Crippen LogP contribution in [0.2, 0.25) is 0 Å². The fourth-order valence-corrected chi connectivity index (χ4v) is 7.81. The highest BCUT2D eigenvalue weighted by molar-refractivity contribution is 5.75. The van der Waals surface area contributed by atoms with Gasteiger partial charge in [-0.15, -0.1) is 0 Å². The van der Waals surface area contributed by atoms with Gasteiger partial charge in [0, 0.05) is 25.4 Å². The Morgan fingerprint density at radius 2 is 1.76 bits per heavy atom. The van der Waals surface area contributed by atoms with Gasteiger partial charge in [0.05, 0.1) is 6.10 Å². The summed E-state index contributed by atoms with van der Waals surface area (Å²) >= 11 is 0. The van der Waals surface area contributed by atoms with Gasteiger partial charge in [-0.3, -0.25) is 4.79 Å². The Morgan fingerprint density at radius 1 is 1.05 bits per heavy atom. The maximum absolute atomic E-state index is 12.2. The second-order valence-electron chi connectivity index (χ2n) is 12.9. The summed E-state index contributed by atoms with van der Waals surface area (Å²) in [6, 6.07) is 6.06. The highest BCUT2D eigenvalue weighted by Gasteiger charge is 2.52. The Morgan fingerprint density at radius 3 is 2.50 bits per heavy atom. The number of fused-ring (bicyclic) bond motifs is 5. The van der Waals surface area contributed by atoms with E-state index in [0.717, 1.165) is 51.5 Å². The number of nitrogens with zero attached hydrogens (tertiary/aromatic N) is 1. The average Bonchev–Trinajstić information content (AvgIpc) is 3.21. The molecule has 38 heavy (non-hydrogen) atoms. The Hall–Kier alpha value is -1.81. The van der Waals surface area contributed by atoms with Gasteiger partial charge in [0.15, 0.2) is 0 Å². The van der Waals surface area contributed by atoms with Crippen LogP contribution in [0.4, 0.5) is 0 Å². The monoisotopic (exact) mass is 523 g/mol. The third-order valence-electron chi connectivity index (χ3n) is 10.2. The number of carbonyl (C=O) groups is 1. The molecule has 0 spiro atoms. The highest BCUT2D eigenvalue weighted by atomic mass is 16.3. The third kappa shape index (κ3) is 6.66.